The number of hydrogen-bond donors (Lipinski definition) is 0. The van der Waals surface area contributed by atoms with E-state index < -0.39 is 5.41 Å². The Kier molecular flexibility index (Phi) is 9.11. The Hall–Kier alpha value is -6.35. The van der Waals surface area contributed by atoms with Gasteiger partial charge in [0.05, 0.1) is 0 Å². The molecule has 0 radical (unpaired) electrons. The molecule has 3 aromatic heterocycles. The minimum absolute atomic E-state index is 0.0199. The molecule has 0 bridgehead atoms. The predicted molar refractivity (Wildman–Crippen MR) is 253 cm³/mol. The molecule has 306 valence electrons. The van der Waals surface area contributed by atoms with E-state index in [2.05, 4.69) is 244 Å². The molecule has 10 aromatic rings. The molecular weight excluding hydrogens is 936 g/mol. The van der Waals surface area contributed by atoms with Crippen LogP contribution in [0, 0.1) is 9.72 Å². The van der Waals surface area contributed by atoms with E-state index in [1.54, 1.807) is 0 Å². The van der Waals surface area contributed by atoms with Crippen molar-refractivity contribution in [3.8, 4) is 28.3 Å². The Labute approximate surface area is 374 Å². The number of nitrogens with zero attached hydrogens (tertiary/aromatic N) is 4. The van der Waals surface area contributed by atoms with Gasteiger partial charge >= 0.3 is 320 Å². The fourth-order valence-electron chi connectivity index (χ4n) is 10.3. The molecule has 0 spiro atoms. The van der Waals surface area contributed by atoms with E-state index in [1.165, 1.54) is 72.0 Å². The van der Waals surface area contributed by atoms with Gasteiger partial charge in [0.2, 0.25) is 0 Å². The molecule has 11 rings (SSSR count). The van der Waals surface area contributed by atoms with Crippen molar-refractivity contribution in [3.05, 3.63) is 219 Å². The predicted octanol–water partition coefficient (Wildman–Crippen LogP) is 13.9. The molecule has 4 nitrogen and oxygen atoms in total. The van der Waals surface area contributed by atoms with E-state index in [1.807, 2.05) is 6.20 Å². The van der Waals surface area contributed by atoms with Crippen LogP contribution in [0.3, 0.4) is 0 Å². The third-order valence-electron chi connectivity index (χ3n) is 13.0. The van der Waals surface area contributed by atoms with Crippen LogP contribution >= 0.6 is 0 Å². The van der Waals surface area contributed by atoms with Crippen LogP contribution in [0.1, 0.15) is 68.0 Å². The third kappa shape index (κ3) is 5.91. The molecule has 5 heteroatoms. The first-order valence-electron chi connectivity index (χ1n) is 21.7. The van der Waals surface area contributed by atoms with Gasteiger partial charge in [-0.15, -0.1) is 0 Å². The first-order chi connectivity index (χ1) is 30.1. The SMILES string of the molecule is CC(C)Cc1cccc(-n2[c](=[Pt])n(-c3cccc(C4(c5ccc6c7ccccc7n(-c7cc(C(C)(C)C)ccn7)c6c5)c5ccccc5-c5ccccc54)c3)c3ccccc32)c1. The fourth-order valence-corrected chi connectivity index (χ4v) is 11.4. The topological polar surface area (TPSA) is 27.7 Å². The number of fused-ring (bicyclic) bond motifs is 7. The van der Waals surface area contributed by atoms with Gasteiger partial charge in [-0.3, -0.25) is 0 Å². The number of imidazole rings is 1. The average Bonchev–Trinajstić information content (AvgIpc) is 3.89. The second-order valence-corrected chi connectivity index (χ2v) is 19.3. The van der Waals surface area contributed by atoms with Crippen LogP contribution in [0.4, 0.5) is 0 Å². The van der Waals surface area contributed by atoms with E-state index in [0.29, 0.717) is 5.92 Å². The first-order valence-corrected chi connectivity index (χ1v) is 22.8. The summed E-state index contributed by atoms with van der Waals surface area (Å²) in [7, 11) is 0. The van der Waals surface area contributed by atoms with Gasteiger partial charge in [-0.05, 0) is 17.0 Å². The van der Waals surface area contributed by atoms with Crippen LogP contribution < -0.4 is 0 Å². The molecule has 1 aliphatic rings. The van der Waals surface area contributed by atoms with Gasteiger partial charge in [0.25, 0.3) is 0 Å². The zero-order valence-electron chi connectivity index (χ0n) is 35.7. The average molecular weight is 984 g/mol. The fraction of sp³-hybridized carbons (Fsp3) is 0.158. The molecule has 0 fully saturated rings. The van der Waals surface area contributed by atoms with Crippen molar-refractivity contribution in [2.75, 3.05) is 0 Å². The van der Waals surface area contributed by atoms with Gasteiger partial charge in [-0.1, -0.05) is 32.9 Å². The van der Waals surface area contributed by atoms with Crippen LogP contribution in [0.5, 0.6) is 0 Å². The molecular formula is C57H48N4Pt. The van der Waals surface area contributed by atoms with E-state index in [9.17, 15) is 0 Å². The second kappa shape index (κ2) is 14.6. The van der Waals surface area contributed by atoms with Crippen molar-refractivity contribution in [1.29, 1.82) is 0 Å². The number of hydrogen-bond acceptors (Lipinski definition) is 1. The molecule has 0 amide bonds. The molecule has 0 saturated carbocycles. The molecule has 0 atom stereocenters. The van der Waals surface area contributed by atoms with Crippen molar-refractivity contribution >= 4 is 32.8 Å². The third-order valence-corrected chi connectivity index (χ3v) is 14.0. The Bertz CT molecular complexity index is 3400. The minimum atomic E-state index is -0.616. The number of benzene rings is 7. The summed E-state index contributed by atoms with van der Waals surface area (Å²) in [5.74, 6) is 1.51. The van der Waals surface area contributed by atoms with Crippen molar-refractivity contribution in [1.82, 2.24) is 18.7 Å². The zero-order chi connectivity index (χ0) is 42.3. The van der Waals surface area contributed by atoms with Gasteiger partial charge in [0.15, 0.2) is 0 Å². The zero-order valence-corrected chi connectivity index (χ0v) is 38.0. The molecule has 0 saturated heterocycles. The Balaban J connectivity index is 1.19. The van der Waals surface area contributed by atoms with Gasteiger partial charge in [0, 0.05) is 6.20 Å². The molecule has 0 aliphatic heterocycles. The van der Waals surface area contributed by atoms with Crippen molar-refractivity contribution < 1.29 is 19.4 Å². The molecule has 1 aliphatic carbocycles. The Morgan fingerprint density at radius 1 is 0.532 bits per heavy atom. The number of rotatable bonds is 7. The van der Waals surface area contributed by atoms with Gasteiger partial charge in [-0.2, -0.15) is 0 Å². The van der Waals surface area contributed by atoms with Crippen molar-refractivity contribution in [3.63, 3.8) is 0 Å². The number of pyridine rings is 1. The second-order valence-electron chi connectivity index (χ2n) is 18.3. The van der Waals surface area contributed by atoms with Gasteiger partial charge in [-0.25, -0.2) is 0 Å². The molecule has 62 heavy (non-hydrogen) atoms. The summed E-state index contributed by atoms with van der Waals surface area (Å²) in [5, 5.41) is 2.43. The summed E-state index contributed by atoms with van der Waals surface area (Å²) in [6.45, 7) is 11.4. The maximum absolute atomic E-state index is 5.05. The van der Waals surface area contributed by atoms with Crippen molar-refractivity contribution in [2.24, 2.45) is 5.92 Å². The number of aromatic nitrogens is 4. The first kappa shape index (κ1) is 38.6. The van der Waals surface area contributed by atoms with E-state index in [-0.39, 0.29) is 5.41 Å². The Morgan fingerprint density at radius 2 is 1.11 bits per heavy atom. The van der Waals surface area contributed by atoms with E-state index in [0.717, 1.165) is 32.8 Å². The Morgan fingerprint density at radius 3 is 1.79 bits per heavy atom. The molecule has 0 N–H and O–H groups in total. The van der Waals surface area contributed by atoms with E-state index in [4.69, 9.17) is 4.98 Å². The van der Waals surface area contributed by atoms with Crippen LogP contribution in [0.15, 0.2) is 182 Å². The standard InChI is InChI=1S/C57H48N4.Pt/c1-38(2)32-39-16-14-18-43(33-39)59-37-60(53-27-13-12-26-52(53)59)44-19-15-17-41(34-44)57(49-23-9-6-20-45(49)46-21-7-10-24-50(46)57)42-28-29-48-47-22-8-11-25-51(47)61(54(48)35-42)55-36-40(30-31-58-55)56(3,4)5;/h6-31,33-36,38H,32H2,1-5H3;. The summed E-state index contributed by atoms with van der Waals surface area (Å²) >= 11 is 2.54. The van der Waals surface area contributed by atoms with E-state index >= 15 is 0 Å². The monoisotopic (exact) mass is 983 g/mol. The van der Waals surface area contributed by atoms with Crippen LogP contribution in [0.2, 0.25) is 0 Å². The summed E-state index contributed by atoms with van der Waals surface area (Å²) in [6, 6.07) is 65.7. The maximum atomic E-state index is 5.05. The summed E-state index contributed by atoms with van der Waals surface area (Å²) in [4.78, 5) is 5.05. The van der Waals surface area contributed by atoms with Crippen LogP contribution in [-0.4, -0.2) is 18.7 Å². The van der Waals surface area contributed by atoms with Crippen LogP contribution in [0.25, 0.3) is 61.2 Å². The number of para-hydroxylation sites is 3. The van der Waals surface area contributed by atoms with Gasteiger partial charge < -0.3 is 0 Å². The molecule has 3 heterocycles. The van der Waals surface area contributed by atoms with Gasteiger partial charge in [0.1, 0.15) is 0 Å². The summed E-state index contributed by atoms with van der Waals surface area (Å²) < 4.78 is 8.36. The van der Waals surface area contributed by atoms with Crippen LogP contribution in [-0.2, 0) is 36.6 Å². The normalized spacial score (nSPS) is 13.4. The van der Waals surface area contributed by atoms with Crippen molar-refractivity contribution in [2.45, 2.75) is 51.9 Å². The molecule has 7 aromatic carbocycles. The summed E-state index contributed by atoms with van der Waals surface area (Å²) in [5.41, 5.74) is 16.5. The summed E-state index contributed by atoms with van der Waals surface area (Å²) in [6.07, 6.45) is 3.01. The molecule has 0 unspecified atom stereocenters. The quantitative estimate of drug-likeness (QED) is 0.156.